The van der Waals surface area contributed by atoms with Gasteiger partial charge in [-0.05, 0) is 129 Å². The zero-order valence-corrected chi connectivity index (χ0v) is 43.4. The molecule has 0 bridgehead atoms. The van der Waals surface area contributed by atoms with Gasteiger partial charge in [-0.1, -0.05) is 23.3 Å². The van der Waals surface area contributed by atoms with Crippen LogP contribution in [0.1, 0.15) is 80.1 Å². The first-order valence-corrected chi connectivity index (χ1v) is 25.4. The number of amides is 6. The summed E-state index contributed by atoms with van der Waals surface area (Å²) in [6, 6.07) is 13.1. The third kappa shape index (κ3) is 14.0. The quantitative estimate of drug-likeness (QED) is 0.0254. The predicted molar refractivity (Wildman–Crippen MR) is 270 cm³/mol. The minimum absolute atomic E-state index is 0.00335. The summed E-state index contributed by atoms with van der Waals surface area (Å²) >= 11 is 10.9. The monoisotopic (exact) mass is 1010 g/mol. The first kappa shape index (κ1) is 54.5. The van der Waals surface area contributed by atoms with Crippen molar-refractivity contribution in [1.82, 2.24) is 21.3 Å². The van der Waals surface area contributed by atoms with Crippen molar-refractivity contribution in [2.45, 2.75) is 149 Å². The molecule has 16 nitrogen and oxygen atoms in total. The normalized spacial score (nSPS) is 33.2. The highest BCUT2D eigenvalue weighted by Crippen LogP contribution is 2.60. The number of imide groups is 2. The number of carbonyl (C=O) groups is 4. The topological polar surface area (TPSA) is 237 Å². The van der Waals surface area contributed by atoms with Crippen LogP contribution in [-0.2, 0) is 38.0 Å². The van der Waals surface area contributed by atoms with Gasteiger partial charge >= 0.3 is 12.1 Å². The summed E-state index contributed by atoms with van der Waals surface area (Å²) in [6.07, 6.45) is 8.82. The molecule has 8 rings (SSSR count). The lowest BCUT2D eigenvalue weighted by Gasteiger charge is -2.43. The fraction of sp³-hybridized carbons (Fsp3) is 0.600. The molecule has 0 unspecified atom stereocenters. The van der Waals surface area contributed by atoms with Gasteiger partial charge in [0.2, 0.25) is 11.8 Å². The Labute approximate surface area is 421 Å². The molecule has 0 radical (unpaired) electrons. The van der Waals surface area contributed by atoms with Crippen molar-refractivity contribution in [3.8, 4) is 0 Å². The maximum atomic E-state index is 12.6. The van der Waals surface area contributed by atoms with Gasteiger partial charge in [-0.25, -0.2) is 9.59 Å². The van der Waals surface area contributed by atoms with Gasteiger partial charge in [-0.2, -0.15) is 0 Å². The minimum atomic E-state index is -0.554. The number of epoxide rings is 4. The van der Waals surface area contributed by atoms with Crippen molar-refractivity contribution >= 4 is 71.2 Å². The van der Waals surface area contributed by atoms with Crippen LogP contribution in [0.15, 0.2) is 81.6 Å². The Morgan fingerprint density at radius 1 is 0.725 bits per heavy atom. The first-order valence-electron chi connectivity index (χ1n) is 23.5. The van der Waals surface area contributed by atoms with E-state index < -0.39 is 18.0 Å². The maximum Gasteiger partial charge on any atom is 0.321 e. The zero-order valence-electron chi connectivity index (χ0n) is 40.9. The van der Waals surface area contributed by atoms with Crippen LogP contribution in [0.3, 0.4) is 0 Å². The second kappa shape index (κ2) is 23.1. The molecule has 2 aromatic carbocycles. The summed E-state index contributed by atoms with van der Waals surface area (Å²) in [5.41, 5.74) is 13.8. The van der Waals surface area contributed by atoms with Crippen LogP contribution in [0.25, 0.3) is 0 Å². The van der Waals surface area contributed by atoms with Crippen LogP contribution >= 0.6 is 36.0 Å². The smallest absolute Gasteiger partial charge is 0.321 e. The second-order valence-electron chi connectivity index (χ2n) is 19.6. The molecule has 2 aliphatic carbocycles. The van der Waals surface area contributed by atoms with Crippen molar-refractivity contribution < 1.29 is 47.6 Å². The molecule has 6 aliphatic rings. The molecule has 2 aromatic rings. The number of rotatable bonds is 14. The first-order chi connectivity index (χ1) is 32.7. The summed E-state index contributed by atoms with van der Waals surface area (Å²) in [4.78, 5) is 50.3. The van der Waals surface area contributed by atoms with E-state index in [-0.39, 0.29) is 88.3 Å². The number of ether oxygens (including phenoxy) is 6. The third-order valence-electron chi connectivity index (χ3n) is 14.0. The number of nitrogens with one attached hydrogen (secondary N) is 4. The molecule has 12 atom stereocenters. The Morgan fingerprint density at radius 3 is 1.49 bits per heavy atom. The second-order valence-corrected chi connectivity index (χ2v) is 21.4. The fourth-order valence-electron chi connectivity index (χ4n) is 10.2. The fourth-order valence-corrected chi connectivity index (χ4v) is 11.1. The van der Waals surface area contributed by atoms with Gasteiger partial charge in [0.25, 0.3) is 0 Å². The summed E-state index contributed by atoms with van der Waals surface area (Å²) in [5.74, 6) is -1.01. The number of benzene rings is 2. The van der Waals surface area contributed by atoms with E-state index in [0.717, 1.165) is 41.2 Å². The molecule has 4 heterocycles. The highest BCUT2D eigenvalue weighted by Gasteiger charge is 2.73. The van der Waals surface area contributed by atoms with Crippen LogP contribution in [0.2, 0.25) is 0 Å². The molecule has 4 aliphatic heterocycles. The summed E-state index contributed by atoms with van der Waals surface area (Å²) < 4.78 is 35.9. The lowest BCUT2D eigenvalue weighted by Crippen LogP contribution is -2.60. The van der Waals surface area contributed by atoms with E-state index in [0.29, 0.717) is 31.7 Å². The average molecular weight is 1020 g/mol. The molecular weight excluding hydrogens is 944 g/mol. The van der Waals surface area contributed by atoms with Gasteiger partial charge in [0.15, 0.2) is 0 Å². The van der Waals surface area contributed by atoms with Crippen LogP contribution < -0.4 is 32.7 Å². The Kier molecular flexibility index (Phi) is 18.3. The number of hydrogen-bond acceptors (Lipinski definition) is 14. The SMILES string of the molecule is CO[C@@H]1[C@H](NC(=O)NC(=O)CCl)CC[C@]2(CO2)[C@H]1[C@@]1(C)O[C@@H]1CC=C(C)C.CO[C@@H]1[C@H](NC(=O)NC(=O)CSc2ccc(N)cc2)CC[C@]2(CO2)[C@H]1[C@@]1(C)O[C@@H]1CC=C(C)C.Nc1ccc(S)cc1. The van der Waals surface area contributed by atoms with Gasteiger partial charge in [-0.3, -0.25) is 20.2 Å². The maximum absolute atomic E-state index is 12.6. The van der Waals surface area contributed by atoms with Crippen molar-refractivity contribution in [1.29, 1.82) is 0 Å². The van der Waals surface area contributed by atoms with Gasteiger partial charge in [-0.15, -0.1) is 36.0 Å². The molecule has 2 spiro atoms. The number of nitrogen functional groups attached to an aromatic ring is 2. The predicted octanol–water partition coefficient (Wildman–Crippen LogP) is 6.95. The lowest BCUT2D eigenvalue weighted by molar-refractivity contribution is -0.118. The van der Waals surface area contributed by atoms with E-state index in [2.05, 4.69) is 87.6 Å². The van der Waals surface area contributed by atoms with Crippen molar-refractivity contribution in [2.75, 3.05) is 50.5 Å². The van der Waals surface area contributed by atoms with Crippen molar-refractivity contribution in [3.63, 3.8) is 0 Å². The zero-order chi connectivity index (χ0) is 50.3. The number of halogens is 1. The highest BCUT2D eigenvalue weighted by atomic mass is 35.5. The van der Waals surface area contributed by atoms with E-state index in [1.54, 1.807) is 26.4 Å². The van der Waals surface area contributed by atoms with Crippen molar-refractivity contribution in [2.24, 2.45) is 11.8 Å². The number of alkyl halides is 1. The largest absolute Gasteiger partial charge is 0.399 e. The van der Waals surface area contributed by atoms with E-state index in [1.807, 2.05) is 36.4 Å². The van der Waals surface area contributed by atoms with Gasteiger partial charge < -0.3 is 50.5 Å². The number of methoxy groups -OCH3 is 2. The van der Waals surface area contributed by atoms with Crippen molar-refractivity contribution in [3.05, 3.63) is 71.8 Å². The number of allylic oxidation sites excluding steroid dienone is 2. The number of urea groups is 2. The summed E-state index contributed by atoms with van der Waals surface area (Å²) in [7, 11) is 3.31. The molecular formula is C50H71ClN6O10S2. The number of carbonyl (C=O) groups excluding carboxylic acids is 4. The number of thioether (sulfide) groups is 1. The van der Waals surface area contributed by atoms with E-state index in [9.17, 15) is 19.2 Å². The molecule has 6 fully saturated rings. The van der Waals surface area contributed by atoms with Gasteiger partial charge in [0.05, 0.1) is 66.7 Å². The number of thiol groups is 1. The van der Waals surface area contributed by atoms with Crippen LogP contribution in [0, 0.1) is 11.8 Å². The highest BCUT2D eigenvalue weighted by molar-refractivity contribution is 8.00. The Bertz CT molecular complexity index is 2160. The molecule has 2 saturated carbocycles. The molecule has 8 N–H and O–H groups in total. The molecule has 6 amide bonds. The van der Waals surface area contributed by atoms with Crippen LogP contribution in [0.5, 0.6) is 0 Å². The summed E-state index contributed by atoms with van der Waals surface area (Å²) in [5, 5.41) is 10.5. The van der Waals surface area contributed by atoms with Crippen LogP contribution in [-0.4, -0.2) is 122 Å². The minimum Gasteiger partial charge on any atom is -0.399 e. The van der Waals surface area contributed by atoms with Gasteiger partial charge in [0, 0.05) is 47.2 Å². The third-order valence-corrected chi connectivity index (χ3v) is 15.5. The van der Waals surface area contributed by atoms with E-state index >= 15 is 0 Å². The average Bonchev–Trinajstić information content (AvgIpc) is 4.19. The molecule has 19 heteroatoms. The molecule has 380 valence electrons. The van der Waals surface area contributed by atoms with E-state index in [1.165, 1.54) is 22.9 Å². The Hall–Kier alpha value is -3.85. The Balaban J connectivity index is 0.000000199. The van der Waals surface area contributed by atoms with E-state index in [4.69, 9.17) is 51.5 Å². The molecule has 0 aromatic heterocycles. The van der Waals surface area contributed by atoms with Gasteiger partial charge in [0.1, 0.15) is 17.1 Å². The lowest BCUT2D eigenvalue weighted by atomic mass is 9.67. The Morgan fingerprint density at radius 2 is 1.13 bits per heavy atom. The number of nitrogens with two attached hydrogens (primary N) is 2. The van der Waals surface area contributed by atoms with Crippen LogP contribution in [0.4, 0.5) is 21.0 Å². The molecule has 69 heavy (non-hydrogen) atoms. The standard InChI is InChI=1S/C25H35N3O5S.C19H29ClN2O5.C6H7NS/c1-15(2)5-10-19-24(3,33-19)22-21(31-4)18(11-12-25(22)14-32-25)27-23(30)28-20(29)13-34-17-8-6-16(26)7-9-17;1-11(2)5-6-13-18(3,27-13)16-15(25-4)12(7-8-19(16)10-26-19)21-17(24)22-14(23)9-20;7-5-1-3-6(8)4-2-5/h5-9,18-19,21-22H,10-14,26H2,1-4H3,(H2,27,28,29,30);5,12-13,15-16H,6-10H2,1-4H3,(H2,21,22,23,24);1-4,8H,7H2/t18-,19-,21-,22-,24+,25+;12-,13-,15-,16-,18+,19+;/m11./s1. The molecule has 4 saturated heterocycles. The number of anilines is 2. The number of hydrogen-bond donors (Lipinski definition) is 7. The summed E-state index contributed by atoms with van der Waals surface area (Å²) in [6.45, 7) is 13.9.